The van der Waals surface area contributed by atoms with Crippen LogP contribution in [0.25, 0.3) is 0 Å². The van der Waals surface area contributed by atoms with Gasteiger partial charge in [0.05, 0.1) is 0 Å². The molecule has 0 aromatic carbocycles. The summed E-state index contributed by atoms with van der Waals surface area (Å²) >= 11 is 5.64. The van der Waals surface area contributed by atoms with Gasteiger partial charge in [-0.25, -0.2) is 9.97 Å². The van der Waals surface area contributed by atoms with Crippen LogP contribution in [0.3, 0.4) is 0 Å². The highest BCUT2D eigenvalue weighted by molar-refractivity contribution is 6.29. The number of aromatic nitrogens is 2. The van der Waals surface area contributed by atoms with Crippen molar-refractivity contribution < 1.29 is 13.2 Å². The fourth-order valence-corrected chi connectivity index (χ4v) is 2.58. The Morgan fingerprint density at radius 1 is 1.32 bits per heavy atom. The van der Waals surface area contributed by atoms with E-state index in [0.717, 1.165) is 12.8 Å². The standard InChI is InChI=1S/C12H15ClF3N3/c1-19(7-8-4-2-3-5-8)10-6-9(13)17-11(18-10)12(14,15)16/h6,8H,2-5,7H2,1H3. The van der Waals surface area contributed by atoms with Gasteiger partial charge in [-0.15, -0.1) is 0 Å². The number of alkyl halides is 3. The van der Waals surface area contributed by atoms with E-state index < -0.39 is 12.0 Å². The minimum atomic E-state index is -4.58. The van der Waals surface area contributed by atoms with E-state index in [-0.39, 0.29) is 11.0 Å². The quantitative estimate of drug-likeness (QED) is 0.794. The highest BCUT2D eigenvalue weighted by Gasteiger charge is 2.35. The van der Waals surface area contributed by atoms with E-state index in [0.29, 0.717) is 12.5 Å². The monoisotopic (exact) mass is 293 g/mol. The van der Waals surface area contributed by atoms with Crippen molar-refractivity contribution in [2.24, 2.45) is 5.92 Å². The lowest BCUT2D eigenvalue weighted by Gasteiger charge is -2.22. The van der Waals surface area contributed by atoms with Crippen LogP contribution in [-0.4, -0.2) is 23.6 Å². The molecule has 1 saturated carbocycles. The molecular formula is C12H15ClF3N3. The number of hydrogen-bond donors (Lipinski definition) is 0. The molecular weight excluding hydrogens is 279 g/mol. The number of nitrogens with zero attached hydrogens (tertiary/aromatic N) is 3. The van der Waals surface area contributed by atoms with Gasteiger partial charge in [-0.2, -0.15) is 13.2 Å². The Bertz CT molecular complexity index is 444. The second-order valence-electron chi connectivity index (χ2n) is 4.90. The highest BCUT2D eigenvalue weighted by atomic mass is 35.5. The summed E-state index contributed by atoms with van der Waals surface area (Å²) in [6.45, 7) is 0.699. The predicted octanol–water partition coefficient (Wildman–Crippen LogP) is 3.78. The molecule has 0 aliphatic heterocycles. The Kier molecular flexibility index (Phi) is 4.18. The van der Waals surface area contributed by atoms with Crippen molar-refractivity contribution in [3.63, 3.8) is 0 Å². The van der Waals surface area contributed by atoms with Gasteiger partial charge in [-0.05, 0) is 18.8 Å². The Balaban J connectivity index is 2.16. The second kappa shape index (κ2) is 5.53. The van der Waals surface area contributed by atoms with Crippen molar-refractivity contribution in [1.29, 1.82) is 0 Å². The third-order valence-corrected chi connectivity index (χ3v) is 3.53. The van der Waals surface area contributed by atoms with E-state index in [9.17, 15) is 13.2 Å². The molecule has 1 aromatic rings. The van der Waals surface area contributed by atoms with Crippen molar-refractivity contribution in [2.75, 3.05) is 18.5 Å². The van der Waals surface area contributed by atoms with Crippen LogP contribution in [0.4, 0.5) is 19.0 Å². The first-order valence-electron chi connectivity index (χ1n) is 6.19. The maximum Gasteiger partial charge on any atom is 0.451 e. The van der Waals surface area contributed by atoms with Crippen LogP contribution in [0.1, 0.15) is 31.5 Å². The number of halogens is 4. The molecule has 0 unspecified atom stereocenters. The zero-order valence-electron chi connectivity index (χ0n) is 10.5. The van der Waals surface area contributed by atoms with Crippen LogP contribution >= 0.6 is 11.6 Å². The van der Waals surface area contributed by atoms with E-state index in [2.05, 4.69) is 9.97 Å². The van der Waals surface area contributed by atoms with E-state index in [1.165, 1.54) is 18.9 Å². The summed E-state index contributed by atoms with van der Waals surface area (Å²) in [6.07, 6.45) is 0.0477. The number of rotatable bonds is 3. The van der Waals surface area contributed by atoms with Gasteiger partial charge in [-0.3, -0.25) is 0 Å². The largest absolute Gasteiger partial charge is 0.451 e. The van der Waals surface area contributed by atoms with Crippen LogP contribution in [0.5, 0.6) is 0 Å². The van der Waals surface area contributed by atoms with E-state index >= 15 is 0 Å². The Morgan fingerprint density at radius 3 is 2.53 bits per heavy atom. The molecule has 1 aliphatic rings. The lowest BCUT2D eigenvalue weighted by molar-refractivity contribution is -0.144. The van der Waals surface area contributed by atoms with Crippen LogP contribution in [0.15, 0.2) is 6.07 Å². The SMILES string of the molecule is CN(CC1CCCC1)c1cc(Cl)nc(C(F)(F)F)n1. The van der Waals surface area contributed by atoms with Crippen molar-refractivity contribution in [2.45, 2.75) is 31.9 Å². The van der Waals surface area contributed by atoms with Gasteiger partial charge in [0.15, 0.2) is 0 Å². The van der Waals surface area contributed by atoms with Crippen LogP contribution < -0.4 is 4.90 Å². The Labute approximate surface area is 114 Å². The summed E-state index contributed by atoms with van der Waals surface area (Å²) in [6, 6.07) is 1.37. The molecule has 0 N–H and O–H groups in total. The minimum Gasteiger partial charge on any atom is -0.359 e. The lowest BCUT2D eigenvalue weighted by atomic mass is 10.1. The first kappa shape index (κ1) is 14.4. The summed E-state index contributed by atoms with van der Waals surface area (Å²) in [5, 5.41) is -0.185. The number of anilines is 1. The molecule has 0 radical (unpaired) electrons. The Hall–Kier alpha value is -1.04. The normalized spacial score (nSPS) is 16.9. The molecule has 0 saturated heterocycles. The van der Waals surface area contributed by atoms with Gasteiger partial charge in [0.25, 0.3) is 0 Å². The zero-order valence-corrected chi connectivity index (χ0v) is 11.3. The van der Waals surface area contributed by atoms with E-state index in [4.69, 9.17) is 11.6 Å². The van der Waals surface area contributed by atoms with Crippen molar-refractivity contribution in [3.05, 3.63) is 17.0 Å². The van der Waals surface area contributed by atoms with Gasteiger partial charge in [0.2, 0.25) is 5.82 Å². The van der Waals surface area contributed by atoms with Gasteiger partial charge < -0.3 is 4.90 Å². The molecule has 1 fully saturated rings. The van der Waals surface area contributed by atoms with Crippen molar-refractivity contribution >= 4 is 17.4 Å². The summed E-state index contributed by atoms with van der Waals surface area (Å²) < 4.78 is 37.8. The average Bonchev–Trinajstić information content (AvgIpc) is 2.79. The average molecular weight is 294 g/mol. The maximum atomic E-state index is 12.6. The fourth-order valence-electron chi connectivity index (χ4n) is 2.40. The molecule has 1 aromatic heterocycles. The van der Waals surface area contributed by atoms with Crippen molar-refractivity contribution in [1.82, 2.24) is 9.97 Å². The van der Waals surface area contributed by atoms with Gasteiger partial charge in [0, 0.05) is 19.7 Å². The van der Waals surface area contributed by atoms with Gasteiger partial charge in [0.1, 0.15) is 11.0 Å². The fraction of sp³-hybridized carbons (Fsp3) is 0.667. The summed E-state index contributed by atoms with van der Waals surface area (Å²) in [5.41, 5.74) is 0. The molecule has 0 amide bonds. The molecule has 0 atom stereocenters. The molecule has 0 spiro atoms. The first-order chi connectivity index (χ1) is 8.86. The predicted molar refractivity (Wildman–Crippen MR) is 67.3 cm³/mol. The molecule has 1 heterocycles. The molecule has 106 valence electrons. The summed E-state index contributed by atoms with van der Waals surface area (Å²) in [4.78, 5) is 8.50. The topological polar surface area (TPSA) is 29.0 Å². The molecule has 7 heteroatoms. The molecule has 3 nitrogen and oxygen atoms in total. The minimum absolute atomic E-state index is 0.185. The van der Waals surface area contributed by atoms with Gasteiger partial charge >= 0.3 is 6.18 Å². The van der Waals surface area contributed by atoms with Crippen molar-refractivity contribution in [3.8, 4) is 0 Å². The zero-order chi connectivity index (χ0) is 14.0. The first-order valence-corrected chi connectivity index (χ1v) is 6.57. The highest BCUT2D eigenvalue weighted by Crippen LogP contribution is 2.30. The maximum absolute atomic E-state index is 12.6. The summed E-state index contributed by atoms with van der Waals surface area (Å²) in [5.74, 6) is -0.444. The summed E-state index contributed by atoms with van der Waals surface area (Å²) in [7, 11) is 1.73. The Morgan fingerprint density at radius 2 is 1.95 bits per heavy atom. The van der Waals surface area contributed by atoms with E-state index in [1.54, 1.807) is 11.9 Å². The molecule has 1 aliphatic carbocycles. The van der Waals surface area contributed by atoms with Gasteiger partial charge in [-0.1, -0.05) is 24.4 Å². The number of hydrogen-bond acceptors (Lipinski definition) is 3. The molecule has 0 bridgehead atoms. The van der Waals surface area contributed by atoms with E-state index in [1.807, 2.05) is 0 Å². The van der Waals surface area contributed by atoms with Crippen LogP contribution in [0.2, 0.25) is 5.15 Å². The third kappa shape index (κ3) is 3.72. The molecule has 2 rings (SSSR count). The van der Waals surface area contributed by atoms with Crippen LogP contribution in [0, 0.1) is 5.92 Å². The molecule has 19 heavy (non-hydrogen) atoms. The third-order valence-electron chi connectivity index (χ3n) is 3.33. The second-order valence-corrected chi connectivity index (χ2v) is 5.29. The lowest BCUT2D eigenvalue weighted by Crippen LogP contribution is -2.26. The smallest absolute Gasteiger partial charge is 0.359 e. The van der Waals surface area contributed by atoms with Crippen LogP contribution in [-0.2, 0) is 6.18 Å².